The van der Waals surface area contributed by atoms with Crippen molar-refractivity contribution in [2.24, 2.45) is 0 Å². The van der Waals surface area contributed by atoms with E-state index < -0.39 is 0 Å². The monoisotopic (exact) mass is 261 g/mol. The van der Waals surface area contributed by atoms with Crippen molar-refractivity contribution in [3.63, 3.8) is 0 Å². The van der Waals surface area contributed by atoms with Gasteiger partial charge in [-0.25, -0.2) is 0 Å². The van der Waals surface area contributed by atoms with E-state index in [0.717, 1.165) is 19.6 Å². The molecular weight excluding hydrogens is 234 g/mol. The first-order chi connectivity index (χ1) is 9.28. The maximum absolute atomic E-state index is 5.58. The first-order valence-electron chi connectivity index (χ1n) is 7.69. The van der Waals surface area contributed by atoms with Crippen LogP contribution >= 0.6 is 0 Å². The fourth-order valence-corrected chi connectivity index (χ4v) is 2.65. The molecule has 0 aliphatic carbocycles. The minimum absolute atomic E-state index is 0.496. The van der Waals surface area contributed by atoms with Crippen molar-refractivity contribution in [2.75, 3.05) is 13.2 Å². The van der Waals surface area contributed by atoms with Gasteiger partial charge in [0.05, 0.1) is 13.2 Å². The predicted octanol–water partition coefficient (Wildman–Crippen LogP) is 3.34. The van der Waals surface area contributed by atoms with Crippen LogP contribution in [0.15, 0.2) is 24.3 Å². The van der Waals surface area contributed by atoms with Crippen molar-refractivity contribution < 1.29 is 4.74 Å². The molecule has 0 saturated carbocycles. The van der Waals surface area contributed by atoms with Crippen LogP contribution in [-0.2, 0) is 17.6 Å². The average Bonchev–Trinajstić information content (AvgIpc) is 2.44. The van der Waals surface area contributed by atoms with E-state index in [1.807, 2.05) is 0 Å². The Hall–Kier alpha value is -0.860. The molecule has 2 nitrogen and oxygen atoms in total. The lowest BCUT2D eigenvalue weighted by atomic mass is 10.0. The van der Waals surface area contributed by atoms with E-state index in [1.165, 1.54) is 36.8 Å². The van der Waals surface area contributed by atoms with Gasteiger partial charge in [0.25, 0.3) is 0 Å². The molecule has 106 valence electrons. The first kappa shape index (κ1) is 14.5. The minimum Gasteiger partial charge on any atom is -0.378 e. The number of morpholine rings is 1. The fraction of sp³-hybridized carbons (Fsp3) is 0.647. The second kappa shape index (κ2) is 7.66. The molecule has 1 aromatic carbocycles. The lowest BCUT2D eigenvalue weighted by Gasteiger charge is -2.29. The third kappa shape index (κ3) is 4.96. The highest BCUT2D eigenvalue weighted by molar-refractivity contribution is 5.22. The number of aryl methyl sites for hydroxylation is 2. The lowest BCUT2D eigenvalue weighted by Crippen LogP contribution is -2.47. The van der Waals surface area contributed by atoms with Gasteiger partial charge < -0.3 is 10.1 Å². The van der Waals surface area contributed by atoms with E-state index in [4.69, 9.17) is 4.74 Å². The number of nitrogens with one attached hydrogen (secondary N) is 1. The fourth-order valence-electron chi connectivity index (χ4n) is 2.65. The van der Waals surface area contributed by atoms with Gasteiger partial charge >= 0.3 is 0 Å². The molecule has 1 fully saturated rings. The summed E-state index contributed by atoms with van der Waals surface area (Å²) in [5.74, 6) is 0. The van der Waals surface area contributed by atoms with Crippen molar-refractivity contribution in [1.29, 1.82) is 0 Å². The van der Waals surface area contributed by atoms with Crippen LogP contribution in [0.2, 0.25) is 0 Å². The number of benzene rings is 1. The molecule has 0 spiro atoms. The van der Waals surface area contributed by atoms with Gasteiger partial charge in [-0.05, 0) is 43.7 Å². The Kier molecular flexibility index (Phi) is 5.87. The van der Waals surface area contributed by atoms with Gasteiger partial charge in [-0.3, -0.25) is 0 Å². The SMILES string of the molecule is CCCCc1ccc(CCC2COCC(C)N2)cc1. The van der Waals surface area contributed by atoms with Crippen molar-refractivity contribution in [3.05, 3.63) is 35.4 Å². The highest BCUT2D eigenvalue weighted by Gasteiger charge is 2.17. The molecule has 2 unspecified atom stereocenters. The van der Waals surface area contributed by atoms with Crippen molar-refractivity contribution in [1.82, 2.24) is 5.32 Å². The molecule has 1 saturated heterocycles. The van der Waals surface area contributed by atoms with Crippen LogP contribution in [0.4, 0.5) is 0 Å². The first-order valence-corrected chi connectivity index (χ1v) is 7.69. The third-order valence-electron chi connectivity index (χ3n) is 3.83. The molecule has 2 atom stereocenters. The minimum atomic E-state index is 0.496. The summed E-state index contributed by atoms with van der Waals surface area (Å²) in [5, 5.41) is 3.60. The van der Waals surface area contributed by atoms with Crippen LogP contribution in [0.25, 0.3) is 0 Å². The van der Waals surface area contributed by atoms with Gasteiger partial charge in [0.2, 0.25) is 0 Å². The molecule has 19 heavy (non-hydrogen) atoms. The number of rotatable bonds is 6. The van der Waals surface area contributed by atoms with Crippen molar-refractivity contribution >= 4 is 0 Å². The molecule has 2 rings (SSSR count). The molecule has 0 radical (unpaired) electrons. The van der Waals surface area contributed by atoms with E-state index in [2.05, 4.69) is 43.4 Å². The highest BCUT2D eigenvalue weighted by Crippen LogP contribution is 2.12. The van der Waals surface area contributed by atoms with Gasteiger partial charge in [-0.1, -0.05) is 37.6 Å². The topological polar surface area (TPSA) is 21.3 Å². The number of hydrogen-bond acceptors (Lipinski definition) is 2. The molecule has 1 aliphatic heterocycles. The van der Waals surface area contributed by atoms with Crippen LogP contribution in [0.5, 0.6) is 0 Å². The van der Waals surface area contributed by atoms with Gasteiger partial charge in [0.1, 0.15) is 0 Å². The molecule has 1 N–H and O–H groups in total. The predicted molar refractivity (Wildman–Crippen MR) is 80.6 cm³/mol. The zero-order valence-electron chi connectivity index (χ0n) is 12.3. The second-order valence-electron chi connectivity index (χ2n) is 5.76. The summed E-state index contributed by atoms with van der Waals surface area (Å²) >= 11 is 0. The summed E-state index contributed by atoms with van der Waals surface area (Å²) < 4.78 is 5.58. The molecule has 0 aromatic heterocycles. The number of ether oxygens (including phenoxy) is 1. The maximum atomic E-state index is 5.58. The smallest absolute Gasteiger partial charge is 0.0620 e. The Labute approximate surface area is 117 Å². The van der Waals surface area contributed by atoms with Crippen LogP contribution in [0, 0.1) is 0 Å². The number of unbranched alkanes of at least 4 members (excludes halogenated alkanes) is 1. The van der Waals surface area contributed by atoms with Crippen LogP contribution < -0.4 is 5.32 Å². The number of hydrogen-bond donors (Lipinski definition) is 1. The molecule has 1 aliphatic rings. The van der Waals surface area contributed by atoms with Crippen LogP contribution in [-0.4, -0.2) is 25.3 Å². The quantitative estimate of drug-likeness (QED) is 0.848. The summed E-state index contributed by atoms with van der Waals surface area (Å²) in [6.45, 7) is 6.14. The van der Waals surface area contributed by atoms with Crippen LogP contribution in [0.3, 0.4) is 0 Å². The Morgan fingerprint density at radius 2 is 1.79 bits per heavy atom. The largest absolute Gasteiger partial charge is 0.378 e. The zero-order chi connectivity index (χ0) is 13.5. The Morgan fingerprint density at radius 3 is 2.42 bits per heavy atom. The van der Waals surface area contributed by atoms with E-state index in [0.29, 0.717) is 12.1 Å². The maximum Gasteiger partial charge on any atom is 0.0620 e. The van der Waals surface area contributed by atoms with Crippen LogP contribution in [0.1, 0.15) is 44.2 Å². The van der Waals surface area contributed by atoms with E-state index in [1.54, 1.807) is 0 Å². The van der Waals surface area contributed by atoms with Gasteiger partial charge in [0, 0.05) is 12.1 Å². The van der Waals surface area contributed by atoms with E-state index in [-0.39, 0.29) is 0 Å². The summed E-state index contributed by atoms with van der Waals surface area (Å²) in [6.07, 6.45) is 6.08. The van der Waals surface area contributed by atoms with E-state index in [9.17, 15) is 0 Å². The molecular formula is C17H27NO. The standard InChI is InChI=1S/C17H27NO/c1-3-4-5-15-6-8-16(9-7-15)10-11-17-13-19-12-14(2)18-17/h6-9,14,17-18H,3-5,10-13H2,1-2H3. The summed E-state index contributed by atoms with van der Waals surface area (Å²) in [5.41, 5.74) is 2.92. The summed E-state index contributed by atoms with van der Waals surface area (Å²) in [6, 6.07) is 10.2. The molecule has 0 bridgehead atoms. The molecule has 2 heteroatoms. The third-order valence-corrected chi connectivity index (χ3v) is 3.83. The lowest BCUT2D eigenvalue weighted by molar-refractivity contribution is 0.0483. The average molecular weight is 261 g/mol. The summed E-state index contributed by atoms with van der Waals surface area (Å²) in [7, 11) is 0. The summed E-state index contributed by atoms with van der Waals surface area (Å²) in [4.78, 5) is 0. The zero-order valence-corrected chi connectivity index (χ0v) is 12.3. The Bertz CT molecular complexity index is 360. The Morgan fingerprint density at radius 1 is 1.11 bits per heavy atom. The van der Waals surface area contributed by atoms with Gasteiger partial charge in [-0.15, -0.1) is 0 Å². The second-order valence-corrected chi connectivity index (χ2v) is 5.76. The Balaban J connectivity index is 1.76. The molecule has 0 amide bonds. The molecule has 1 heterocycles. The normalized spacial score (nSPS) is 23.5. The molecule has 1 aromatic rings. The van der Waals surface area contributed by atoms with Crippen molar-refractivity contribution in [3.8, 4) is 0 Å². The van der Waals surface area contributed by atoms with E-state index >= 15 is 0 Å². The van der Waals surface area contributed by atoms with Crippen molar-refractivity contribution in [2.45, 2.75) is 58.0 Å². The van der Waals surface area contributed by atoms with Gasteiger partial charge in [0.15, 0.2) is 0 Å². The highest BCUT2D eigenvalue weighted by atomic mass is 16.5. The van der Waals surface area contributed by atoms with Gasteiger partial charge in [-0.2, -0.15) is 0 Å².